The summed E-state index contributed by atoms with van der Waals surface area (Å²) in [5.41, 5.74) is 7.49. The fourth-order valence-electron chi connectivity index (χ4n) is 2.32. The van der Waals surface area contributed by atoms with Crippen LogP contribution in [0.25, 0.3) is 11.4 Å². The van der Waals surface area contributed by atoms with E-state index < -0.39 is 5.82 Å². The maximum absolute atomic E-state index is 13.4. The first-order valence-electron chi connectivity index (χ1n) is 6.42. The lowest BCUT2D eigenvalue weighted by molar-refractivity contribution is 0.242. The van der Waals surface area contributed by atoms with E-state index in [2.05, 4.69) is 15.3 Å². The largest absolute Gasteiger partial charge is 0.488 e. The number of para-hydroxylation sites is 1. The topological polar surface area (TPSA) is 73.1 Å². The first kappa shape index (κ1) is 12.8. The van der Waals surface area contributed by atoms with Crippen molar-refractivity contribution >= 4 is 5.82 Å². The minimum Gasteiger partial charge on any atom is -0.488 e. The third kappa shape index (κ3) is 2.08. The number of hydrogen-bond acceptors (Lipinski definition) is 5. The fourth-order valence-corrected chi connectivity index (χ4v) is 2.32. The molecule has 0 fully saturated rings. The summed E-state index contributed by atoms with van der Waals surface area (Å²) in [4.78, 5) is 8.23. The Labute approximate surface area is 116 Å². The van der Waals surface area contributed by atoms with Gasteiger partial charge in [0, 0.05) is 20.0 Å². The second kappa shape index (κ2) is 5.05. The highest BCUT2D eigenvalue weighted by atomic mass is 19.1. The highest BCUT2D eigenvalue weighted by Crippen LogP contribution is 2.37. The average Bonchev–Trinajstić information content (AvgIpc) is 2.91. The Balaban J connectivity index is 2.06. The standard InChI is InChI=1S/C14H15FN4O/c1-17-14-11(15)7-18-13(19-14)10-4-2-3-8-5-9(6-16)20-12(8)10/h2-4,7,9H,5-6,16H2,1H3,(H,17,18,19). The predicted octanol–water partition coefficient (Wildman–Crippen LogP) is 1.59. The van der Waals surface area contributed by atoms with Crippen molar-refractivity contribution < 1.29 is 9.13 Å². The molecule has 0 saturated carbocycles. The molecular formula is C14H15FN4O. The van der Waals surface area contributed by atoms with Crippen molar-refractivity contribution in [1.29, 1.82) is 0 Å². The third-order valence-electron chi connectivity index (χ3n) is 3.31. The minimum absolute atomic E-state index is 0.0182. The molecular weight excluding hydrogens is 259 g/mol. The van der Waals surface area contributed by atoms with Crippen LogP contribution in [0.1, 0.15) is 5.56 Å². The van der Waals surface area contributed by atoms with Crippen LogP contribution < -0.4 is 15.8 Å². The van der Waals surface area contributed by atoms with E-state index in [1.807, 2.05) is 18.2 Å². The summed E-state index contributed by atoms with van der Waals surface area (Å²) in [7, 11) is 1.62. The molecule has 0 saturated heterocycles. The molecule has 0 aliphatic carbocycles. The van der Waals surface area contributed by atoms with Crippen LogP contribution in [0, 0.1) is 5.82 Å². The molecule has 3 N–H and O–H groups in total. The molecule has 1 aromatic heterocycles. The van der Waals surface area contributed by atoms with E-state index in [0.717, 1.165) is 29.5 Å². The van der Waals surface area contributed by atoms with Crippen LogP contribution in [0.15, 0.2) is 24.4 Å². The molecule has 1 aliphatic heterocycles. The van der Waals surface area contributed by atoms with Gasteiger partial charge in [0.1, 0.15) is 11.9 Å². The molecule has 1 aliphatic rings. The highest BCUT2D eigenvalue weighted by Gasteiger charge is 2.25. The van der Waals surface area contributed by atoms with Gasteiger partial charge in [-0.05, 0) is 11.6 Å². The number of nitrogens with zero attached hydrogens (tertiary/aromatic N) is 2. The number of nitrogens with one attached hydrogen (secondary N) is 1. The summed E-state index contributed by atoms with van der Waals surface area (Å²) in [5.74, 6) is 0.868. The van der Waals surface area contributed by atoms with Crippen LogP contribution in [-0.2, 0) is 6.42 Å². The summed E-state index contributed by atoms with van der Waals surface area (Å²) in [5, 5.41) is 2.71. The van der Waals surface area contributed by atoms with E-state index >= 15 is 0 Å². The molecule has 1 unspecified atom stereocenters. The zero-order valence-corrected chi connectivity index (χ0v) is 11.1. The van der Waals surface area contributed by atoms with Crippen LogP contribution in [0.3, 0.4) is 0 Å². The molecule has 2 aromatic rings. The second-order valence-corrected chi connectivity index (χ2v) is 4.61. The number of hydrogen-bond donors (Lipinski definition) is 2. The fraction of sp³-hybridized carbons (Fsp3) is 0.286. The van der Waals surface area contributed by atoms with Crippen LogP contribution in [0.4, 0.5) is 10.2 Å². The molecule has 20 heavy (non-hydrogen) atoms. The number of fused-ring (bicyclic) bond motifs is 1. The smallest absolute Gasteiger partial charge is 0.183 e. The van der Waals surface area contributed by atoms with Gasteiger partial charge in [-0.2, -0.15) is 0 Å². The molecule has 5 nitrogen and oxygen atoms in total. The number of benzene rings is 1. The number of halogens is 1. The molecule has 0 spiro atoms. The van der Waals surface area contributed by atoms with Gasteiger partial charge in [0.15, 0.2) is 17.5 Å². The van der Waals surface area contributed by atoms with Gasteiger partial charge in [-0.25, -0.2) is 14.4 Å². The molecule has 0 radical (unpaired) electrons. The molecule has 104 valence electrons. The summed E-state index contributed by atoms with van der Waals surface area (Å²) in [6.07, 6.45) is 1.92. The highest BCUT2D eigenvalue weighted by molar-refractivity contribution is 5.68. The van der Waals surface area contributed by atoms with E-state index in [4.69, 9.17) is 10.5 Å². The number of nitrogens with two attached hydrogens (primary N) is 1. The Morgan fingerprint density at radius 3 is 3.10 bits per heavy atom. The molecule has 3 rings (SSSR count). The van der Waals surface area contributed by atoms with Crippen molar-refractivity contribution in [3.8, 4) is 17.1 Å². The van der Waals surface area contributed by atoms with Gasteiger partial charge in [0.2, 0.25) is 0 Å². The normalized spacial score (nSPS) is 16.6. The predicted molar refractivity (Wildman–Crippen MR) is 74.1 cm³/mol. The van der Waals surface area contributed by atoms with Crippen molar-refractivity contribution in [2.75, 3.05) is 18.9 Å². The first-order chi connectivity index (χ1) is 9.72. The lowest BCUT2D eigenvalue weighted by Gasteiger charge is -2.10. The second-order valence-electron chi connectivity index (χ2n) is 4.61. The maximum atomic E-state index is 13.4. The van der Waals surface area contributed by atoms with Crippen molar-refractivity contribution in [3.05, 3.63) is 35.8 Å². The Morgan fingerprint density at radius 2 is 2.35 bits per heavy atom. The van der Waals surface area contributed by atoms with Crippen LogP contribution in [-0.4, -0.2) is 29.7 Å². The number of anilines is 1. The maximum Gasteiger partial charge on any atom is 0.183 e. The summed E-state index contributed by atoms with van der Waals surface area (Å²) in [6.45, 7) is 0.458. The molecule has 1 aromatic carbocycles. The van der Waals surface area contributed by atoms with E-state index in [1.165, 1.54) is 0 Å². The van der Waals surface area contributed by atoms with Crippen molar-refractivity contribution in [2.24, 2.45) is 5.73 Å². The van der Waals surface area contributed by atoms with Gasteiger partial charge < -0.3 is 15.8 Å². The average molecular weight is 274 g/mol. The zero-order chi connectivity index (χ0) is 14.1. The summed E-state index contributed by atoms with van der Waals surface area (Å²) < 4.78 is 19.3. The van der Waals surface area contributed by atoms with Crippen molar-refractivity contribution in [1.82, 2.24) is 9.97 Å². The van der Waals surface area contributed by atoms with Gasteiger partial charge in [-0.1, -0.05) is 12.1 Å². The van der Waals surface area contributed by atoms with Crippen molar-refractivity contribution in [2.45, 2.75) is 12.5 Å². The molecule has 6 heteroatoms. The SMILES string of the molecule is CNc1nc(-c2cccc3c2OC(CN)C3)ncc1F. The Morgan fingerprint density at radius 1 is 1.50 bits per heavy atom. The monoisotopic (exact) mass is 274 g/mol. The third-order valence-corrected chi connectivity index (χ3v) is 3.31. The van der Waals surface area contributed by atoms with Gasteiger partial charge in [0.25, 0.3) is 0 Å². The zero-order valence-electron chi connectivity index (χ0n) is 11.1. The lowest BCUT2D eigenvalue weighted by atomic mass is 10.1. The van der Waals surface area contributed by atoms with Crippen LogP contribution in [0.2, 0.25) is 0 Å². The molecule has 1 atom stereocenters. The van der Waals surface area contributed by atoms with Gasteiger partial charge >= 0.3 is 0 Å². The molecule has 2 heterocycles. The van der Waals surface area contributed by atoms with Crippen LogP contribution in [0.5, 0.6) is 5.75 Å². The number of aromatic nitrogens is 2. The van der Waals surface area contributed by atoms with E-state index in [-0.39, 0.29) is 11.9 Å². The number of rotatable bonds is 3. The van der Waals surface area contributed by atoms with Gasteiger partial charge in [0.05, 0.1) is 11.8 Å². The Hall–Kier alpha value is -2.21. The lowest BCUT2D eigenvalue weighted by Crippen LogP contribution is -2.24. The Kier molecular flexibility index (Phi) is 3.23. The summed E-state index contributed by atoms with van der Waals surface area (Å²) >= 11 is 0. The van der Waals surface area contributed by atoms with Gasteiger partial charge in [-0.3, -0.25) is 0 Å². The van der Waals surface area contributed by atoms with Crippen LogP contribution >= 0.6 is 0 Å². The quantitative estimate of drug-likeness (QED) is 0.889. The first-order valence-corrected chi connectivity index (χ1v) is 6.42. The van der Waals surface area contributed by atoms with Crippen molar-refractivity contribution in [3.63, 3.8) is 0 Å². The summed E-state index contributed by atoms with van der Waals surface area (Å²) in [6, 6.07) is 5.78. The van der Waals surface area contributed by atoms with E-state index in [1.54, 1.807) is 7.05 Å². The molecule has 0 bridgehead atoms. The Bertz CT molecular complexity index is 647. The minimum atomic E-state index is -0.482. The van der Waals surface area contributed by atoms with Gasteiger partial charge in [-0.15, -0.1) is 0 Å². The molecule has 0 amide bonds. The number of ether oxygens (including phenoxy) is 1. The van der Waals surface area contributed by atoms with E-state index in [9.17, 15) is 4.39 Å². The van der Waals surface area contributed by atoms with E-state index in [0.29, 0.717) is 12.4 Å².